The molecule has 88 valence electrons. The Bertz CT molecular complexity index is 371. The van der Waals surface area contributed by atoms with Crippen LogP contribution in [0, 0.1) is 5.82 Å². The Morgan fingerprint density at radius 3 is 2.56 bits per heavy atom. The monoisotopic (exact) mass is 228 g/mol. The third kappa shape index (κ3) is 1.94. The van der Waals surface area contributed by atoms with Gasteiger partial charge in [0.25, 0.3) is 0 Å². The highest BCUT2D eigenvalue weighted by Crippen LogP contribution is 2.33. The second kappa shape index (κ2) is 4.47. The highest BCUT2D eigenvalue weighted by Gasteiger charge is 2.42. The number of halogens is 1. The fourth-order valence-electron chi connectivity index (χ4n) is 1.86. The number of ether oxygens (including phenoxy) is 1. The van der Waals surface area contributed by atoms with Crippen LogP contribution in [0.25, 0.3) is 0 Å². The molecular formula is C11H13FO4. The van der Waals surface area contributed by atoms with Gasteiger partial charge in [-0.05, 0) is 17.7 Å². The normalized spacial score (nSPS) is 34.2. The zero-order valence-corrected chi connectivity index (χ0v) is 8.45. The Morgan fingerprint density at radius 1 is 1.25 bits per heavy atom. The van der Waals surface area contributed by atoms with Gasteiger partial charge in [0.2, 0.25) is 0 Å². The smallest absolute Gasteiger partial charge is 0.123 e. The number of rotatable bonds is 2. The van der Waals surface area contributed by atoms with E-state index in [1.807, 2.05) is 0 Å². The summed E-state index contributed by atoms with van der Waals surface area (Å²) in [5.74, 6) is -0.435. The van der Waals surface area contributed by atoms with Crippen LogP contribution in [0.2, 0.25) is 0 Å². The molecule has 0 aromatic heterocycles. The second-order valence-electron chi connectivity index (χ2n) is 3.81. The second-order valence-corrected chi connectivity index (χ2v) is 3.81. The SMILES string of the molecule is OCC1OC(c2cccc(F)c2)C(O)C1O. The molecule has 2 rings (SSSR count). The molecule has 0 spiro atoms. The van der Waals surface area contributed by atoms with Crippen molar-refractivity contribution >= 4 is 0 Å². The summed E-state index contributed by atoms with van der Waals surface area (Å²) in [5, 5.41) is 28.1. The minimum absolute atomic E-state index is 0.385. The van der Waals surface area contributed by atoms with E-state index >= 15 is 0 Å². The Hall–Kier alpha value is -1.01. The average Bonchev–Trinajstić information content (AvgIpc) is 2.56. The van der Waals surface area contributed by atoms with Crippen LogP contribution in [0.4, 0.5) is 4.39 Å². The van der Waals surface area contributed by atoms with E-state index in [2.05, 4.69) is 0 Å². The highest BCUT2D eigenvalue weighted by molar-refractivity contribution is 5.21. The molecule has 3 N–H and O–H groups in total. The summed E-state index contributed by atoms with van der Waals surface area (Å²) in [6.07, 6.45) is -3.94. The van der Waals surface area contributed by atoms with Gasteiger partial charge in [-0.25, -0.2) is 4.39 Å². The first-order valence-electron chi connectivity index (χ1n) is 5.01. The Balaban J connectivity index is 2.23. The van der Waals surface area contributed by atoms with Crippen molar-refractivity contribution in [3.05, 3.63) is 35.6 Å². The van der Waals surface area contributed by atoms with Crippen molar-refractivity contribution in [3.63, 3.8) is 0 Å². The van der Waals surface area contributed by atoms with E-state index < -0.39 is 30.2 Å². The van der Waals surface area contributed by atoms with E-state index in [-0.39, 0.29) is 6.61 Å². The highest BCUT2D eigenvalue weighted by atomic mass is 19.1. The summed E-state index contributed by atoms with van der Waals surface area (Å²) in [5.41, 5.74) is 0.447. The van der Waals surface area contributed by atoms with Gasteiger partial charge in [0.1, 0.15) is 30.2 Å². The average molecular weight is 228 g/mol. The molecule has 0 amide bonds. The number of aliphatic hydroxyl groups is 3. The lowest BCUT2D eigenvalue weighted by atomic mass is 10.0. The molecule has 5 heteroatoms. The maximum absolute atomic E-state index is 13.0. The Morgan fingerprint density at radius 2 is 2.00 bits per heavy atom. The Kier molecular flexibility index (Phi) is 3.20. The van der Waals surface area contributed by atoms with E-state index in [1.165, 1.54) is 18.2 Å². The van der Waals surface area contributed by atoms with E-state index in [1.54, 1.807) is 6.07 Å². The third-order valence-corrected chi connectivity index (χ3v) is 2.72. The van der Waals surface area contributed by atoms with Crippen LogP contribution in [0.3, 0.4) is 0 Å². The first kappa shape index (κ1) is 11.5. The summed E-state index contributed by atoms with van der Waals surface area (Å²) in [7, 11) is 0. The minimum Gasteiger partial charge on any atom is -0.394 e. The van der Waals surface area contributed by atoms with Gasteiger partial charge < -0.3 is 20.1 Å². The van der Waals surface area contributed by atoms with E-state index in [9.17, 15) is 14.6 Å². The van der Waals surface area contributed by atoms with Crippen LogP contribution in [0.5, 0.6) is 0 Å². The summed E-state index contributed by atoms with van der Waals surface area (Å²) >= 11 is 0. The summed E-state index contributed by atoms with van der Waals surface area (Å²) < 4.78 is 18.2. The van der Waals surface area contributed by atoms with Gasteiger partial charge in [0.05, 0.1) is 6.61 Å². The molecule has 16 heavy (non-hydrogen) atoms. The van der Waals surface area contributed by atoms with Crippen LogP contribution >= 0.6 is 0 Å². The quantitative estimate of drug-likeness (QED) is 0.665. The van der Waals surface area contributed by atoms with Gasteiger partial charge in [0, 0.05) is 0 Å². The molecule has 1 aliphatic rings. The van der Waals surface area contributed by atoms with Gasteiger partial charge in [0.15, 0.2) is 0 Å². The summed E-state index contributed by atoms with van der Waals surface area (Å²) in [6, 6.07) is 5.62. The number of aliphatic hydroxyl groups excluding tert-OH is 3. The van der Waals surface area contributed by atoms with Crippen molar-refractivity contribution in [2.24, 2.45) is 0 Å². The lowest BCUT2D eigenvalue weighted by Gasteiger charge is -2.14. The molecule has 4 unspecified atom stereocenters. The lowest BCUT2D eigenvalue weighted by Crippen LogP contribution is -2.32. The van der Waals surface area contributed by atoms with Crippen LogP contribution in [-0.2, 0) is 4.74 Å². The summed E-state index contributed by atoms with van der Waals surface area (Å²) in [6.45, 7) is -0.385. The van der Waals surface area contributed by atoms with E-state index in [0.29, 0.717) is 5.56 Å². The first-order valence-corrected chi connectivity index (χ1v) is 5.01. The van der Waals surface area contributed by atoms with Crippen molar-refractivity contribution in [1.82, 2.24) is 0 Å². The predicted octanol–water partition coefficient (Wildman–Crippen LogP) is -0.0203. The molecule has 1 saturated heterocycles. The largest absolute Gasteiger partial charge is 0.394 e. The molecule has 0 aliphatic carbocycles. The van der Waals surface area contributed by atoms with Crippen LogP contribution in [-0.4, -0.2) is 40.2 Å². The first-order chi connectivity index (χ1) is 7.63. The van der Waals surface area contributed by atoms with Crippen molar-refractivity contribution in [2.75, 3.05) is 6.61 Å². The van der Waals surface area contributed by atoms with Crippen LogP contribution < -0.4 is 0 Å². The topological polar surface area (TPSA) is 69.9 Å². The predicted molar refractivity (Wildman–Crippen MR) is 53.1 cm³/mol. The standard InChI is InChI=1S/C11H13FO4/c12-7-3-1-2-6(4-7)11-10(15)9(14)8(5-13)16-11/h1-4,8-11,13-15H,5H2. The summed E-state index contributed by atoms with van der Waals surface area (Å²) in [4.78, 5) is 0. The maximum atomic E-state index is 13.0. The molecule has 0 radical (unpaired) electrons. The lowest BCUT2D eigenvalue weighted by molar-refractivity contribution is -0.0228. The van der Waals surface area contributed by atoms with Crippen LogP contribution in [0.1, 0.15) is 11.7 Å². The zero-order chi connectivity index (χ0) is 11.7. The van der Waals surface area contributed by atoms with Crippen LogP contribution in [0.15, 0.2) is 24.3 Å². The van der Waals surface area contributed by atoms with Gasteiger partial charge in [-0.2, -0.15) is 0 Å². The van der Waals surface area contributed by atoms with Gasteiger partial charge >= 0.3 is 0 Å². The van der Waals surface area contributed by atoms with E-state index in [4.69, 9.17) is 9.84 Å². The Labute approximate surface area is 91.9 Å². The fourth-order valence-corrected chi connectivity index (χ4v) is 1.86. The molecule has 0 saturated carbocycles. The molecule has 1 aromatic carbocycles. The number of benzene rings is 1. The number of hydrogen-bond donors (Lipinski definition) is 3. The molecule has 1 aromatic rings. The third-order valence-electron chi connectivity index (χ3n) is 2.72. The fraction of sp³-hybridized carbons (Fsp3) is 0.455. The molecular weight excluding hydrogens is 215 g/mol. The molecule has 1 heterocycles. The maximum Gasteiger partial charge on any atom is 0.123 e. The van der Waals surface area contributed by atoms with Gasteiger partial charge in [-0.3, -0.25) is 0 Å². The minimum atomic E-state index is -1.15. The van der Waals surface area contributed by atoms with Crippen molar-refractivity contribution in [2.45, 2.75) is 24.4 Å². The van der Waals surface area contributed by atoms with Gasteiger partial charge in [-0.15, -0.1) is 0 Å². The van der Waals surface area contributed by atoms with Crippen molar-refractivity contribution in [1.29, 1.82) is 0 Å². The van der Waals surface area contributed by atoms with Crippen molar-refractivity contribution < 1.29 is 24.4 Å². The zero-order valence-electron chi connectivity index (χ0n) is 8.45. The van der Waals surface area contributed by atoms with Gasteiger partial charge in [-0.1, -0.05) is 12.1 Å². The molecule has 1 fully saturated rings. The molecule has 4 atom stereocenters. The van der Waals surface area contributed by atoms with E-state index in [0.717, 1.165) is 0 Å². The molecule has 4 nitrogen and oxygen atoms in total. The number of hydrogen-bond acceptors (Lipinski definition) is 4. The van der Waals surface area contributed by atoms with Crippen molar-refractivity contribution in [3.8, 4) is 0 Å². The molecule has 1 aliphatic heterocycles. The molecule has 0 bridgehead atoms.